The molecule has 0 aliphatic heterocycles. The van der Waals surface area contributed by atoms with Gasteiger partial charge in [-0.2, -0.15) is 0 Å². The molecule has 0 saturated carbocycles. The summed E-state index contributed by atoms with van der Waals surface area (Å²) in [5.41, 5.74) is 0.974. The summed E-state index contributed by atoms with van der Waals surface area (Å²) >= 11 is 0. The number of ketones is 1. The molecule has 1 nitrogen and oxygen atoms in total. The predicted molar refractivity (Wildman–Crippen MR) is 44.0 cm³/mol. The smallest absolute Gasteiger partial charge is 0.155 e. The normalized spacial score (nSPS) is 11.7. The maximum atomic E-state index is 10.8. The fourth-order valence-electron chi connectivity index (χ4n) is 0.856. The Morgan fingerprint density at radius 1 is 1.40 bits per heavy atom. The van der Waals surface area contributed by atoms with Crippen molar-refractivity contribution in [3.05, 3.63) is 11.6 Å². The molecule has 0 saturated heterocycles. The first-order valence-corrected chi connectivity index (χ1v) is 3.92. The molecule has 10 heavy (non-hydrogen) atoms. The SMILES string of the molecule is CCCC=C(CC)C(C)=O. The van der Waals surface area contributed by atoms with Crippen molar-refractivity contribution >= 4 is 5.78 Å². The monoisotopic (exact) mass is 140 g/mol. The minimum Gasteiger partial charge on any atom is -0.295 e. The van der Waals surface area contributed by atoms with Gasteiger partial charge in [-0.15, -0.1) is 0 Å². The van der Waals surface area contributed by atoms with Gasteiger partial charge < -0.3 is 0 Å². The molecule has 1 heteroatoms. The predicted octanol–water partition coefficient (Wildman–Crippen LogP) is 2.71. The molecule has 0 aliphatic rings. The van der Waals surface area contributed by atoms with Gasteiger partial charge in [-0.25, -0.2) is 0 Å². The molecule has 0 heterocycles. The van der Waals surface area contributed by atoms with Gasteiger partial charge >= 0.3 is 0 Å². The number of carbonyl (C=O) groups excluding carboxylic acids is 1. The molecule has 0 fully saturated rings. The number of carbonyl (C=O) groups is 1. The zero-order chi connectivity index (χ0) is 7.98. The van der Waals surface area contributed by atoms with E-state index >= 15 is 0 Å². The number of rotatable bonds is 4. The van der Waals surface area contributed by atoms with Gasteiger partial charge in [0.2, 0.25) is 0 Å². The van der Waals surface area contributed by atoms with Crippen LogP contribution in [0.5, 0.6) is 0 Å². The molecule has 0 atom stereocenters. The van der Waals surface area contributed by atoms with Crippen LogP contribution in [0.4, 0.5) is 0 Å². The second kappa shape index (κ2) is 5.21. The third-order valence-corrected chi connectivity index (χ3v) is 1.51. The molecule has 0 bridgehead atoms. The summed E-state index contributed by atoms with van der Waals surface area (Å²) in [6, 6.07) is 0. The summed E-state index contributed by atoms with van der Waals surface area (Å²) < 4.78 is 0. The van der Waals surface area contributed by atoms with Crippen LogP contribution < -0.4 is 0 Å². The number of hydrogen-bond acceptors (Lipinski definition) is 1. The van der Waals surface area contributed by atoms with Crippen LogP contribution in [0.15, 0.2) is 11.6 Å². The van der Waals surface area contributed by atoms with E-state index in [1.807, 2.05) is 13.0 Å². The van der Waals surface area contributed by atoms with Crippen molar-refractivity contribution in [1.82, 2.24) is 0 Å². The summed E-state index contributed by atoms with van der Waals surface area (Å²) in [5.74, 6) is 0.218. The fraction of sp³-hybridized carbons (Fsp3) is 0.667. The molecule has 58 valence electrons. The minimum absolute atomic E-state index is 0.218. The molecule has 0 radical (unpaired) electrons. The minimum atomic E-state index is 0.218. The summed E-state index contributed by atoms with van der Waals surface area (Å²) in [6.45, 7) is 5.76. The van der Waals surface area contributed by atoms with Crippen LogP contribution in [0.2, 0.25) is 0 Å². The highest BCUT2D eigenvalue weighted by Crippen LogP contribution is 2.04. The summed E-state index contributed by atoms with van der Waals surface area (Å²) in [6.07, 6.45) is 5.07. The van der Waals surface area contributed by atoms with E-state index in [-0.39, 0.29) is 5.78 Å². The molecular weight excluding hydrogens is 124 g/mol. The summed E-state index contributed by atoms with van der Waals surface area (Å²) in [7, 11) is 0. The van der Waals surface area contributed by atoms with Crippen molar-refractivity contribution in [2.24, 2.45) is 0 Å². The maximum absolute atomic E-state index is 10.8. The van der Waals surface area contributed by atoms with Crippen LogP contribution in [0, 0.1) is 0 Å². The largest absolute Gasteiger partial charge is 0.295 e. The van der Waals surface area contributed by atoms with E-state index in [0.29, 0.717) is 0 Å². The highest BCUT2D eigenvalue weighted by molar-refractivity contribution is 5.93. The van der Waals surface area contributed by atoms with Crippen LogP contribution in [0.1, 0.15) is 40.0 Å². The van der Waals surface area contributed by atoms with Gasteiger partial charge in [0.15, 0.2) is 5.78 Å². The first-order chi connectivity index (χ1) is 4.72. The lowest BCUT2D eigenvalue weighted by Crippen LogP contribution is -1.94. The molecule has 0 N–H and O–H groups in total. The molecule has 0 unspecified atom stereocenters. The number of allylic oxidation sites excluding steroid dienone is 2. The van der Waals surface area contributed by atoms with E-state index in [9.17, 15) is 4.79 Å². The van der Waals surface area contributed by atoms with E-state index in [2.05, 4.69) is 6.92 Å². The molecule has 0 aliphatic carbocycles. The van der Waals surface area contributed by atoms with Crippen molar-refractivity contribution in [1.29, 1.82) is 0 Å². The fourth-order valence-corrected chi connectivity index (χ4v) is 0.856. The Morgan fingerprint density at radius 3 is 2.30 bits per heavy atom. The van der Waals surface area contributed by atoms with Gasteiger partial charge in [-0.05, 0) is 25.3 Å². The molecule has 0 aromatic carbocycles. The van der Waals surface area contributed by atoms with Gasteiger partial charge in [-0.1, -0.05) is 26.3 Å². The standard InChI is InChI=1S/C9H16O/c1-4-6-7-9(5-2)8(3)10/h7H,4-6H2,1-3H3. The van der Waals surface area contributed by atoms with E-state index in [1.165, 1.54) is 0 Å². The lowest BCUT2D eigenvalue weighted by Gasteiger charge is -1.96. The molecule has 0 spiro atoms. The molecule has 0 rings (SSSR count). The number of hydrogen-bond donors (Lipinski definition) is 0. The number of unbranched alkanes of at least 4 members (excludes halogenated alkanes) is 1. The number of Topliss-reactive ketones (excluding diaryl/α,β-unsaturated/α-hetero) is 1. The Labute approximate surface area is 63.1 Å². The third kappa shape index (κ3) is 3.44. The Hall–Kier alpha value is -0.590. The average molecular weight is 140 g/mol. The topological polar surface area (TPSA) is 17.1 Å². The Bertz CT molecular complexity index is 134. The van der Waals surface area contributed by atoms with Crippen LogP contribution >= 0.6 is 0 Å². The van der Waals surface area contributed by atoms with Gasteiger partial charge in [0.1, 0.15) is 0 Å². The zero-order valence-electron chi connectivity index (χ0n) is 7.11. The first kappa shape index (κ1) is 9.41. The van der Waals surface area contributed by atoms with E-state index in [1.54, 1.807) is 6.92 Å². The Morgan fingerprint density at radius 2 is 2.00 bits per heavy atom. The van der Waals surface area contributed by atoms with Gasteiger partial charge in [0.05, 0.1) is 0 Å². The maximum Gasteiger partial charge on any atom is 0.155 e. The van der Waals surface area contributed by atoms with Crippen molar-refractivity contribution < 1.29 is 4.79 Å². The van der Waals surface area contributed by atoms with Crippen molar-refractivity contribution in [2.75, 3.05) is 0 Å². The van der Waals surface area contributed by atoms with Crippen molar-refractivity contribution in [3.63, 3.8) is 0 Å². The lowest BCUT2D eigenvalue weighted by atomic mass is 10.1. The van der Waals surface area contributed by atoms with Crippen LogP contribution in [0.3, 0.4) is 0 Å². The average Bonchev–Trinajstić information content (AvgIpc) is 1.89. The zero-order valence-corrected chi connectivity index (χ0v) is 7.11. The molecular formula is C9H16O. The quantitative estimate of drug-likeness (QED) is 0.549. The second-order valence-electron chi connectivity index (χ2n) is 2.43. The Kier molecular flexibility index (Phi) is 4.91. The third-order valence-electron chi connectivity index (χ3n) is 1.51. The lowest BCUT2D eigenvalue weighted by molar-refractivity contribution is -0.113. The van der Waals surface area contributed by atoms with Crippen LogP contribution in [0.25, 0.3) is 0 Å². The summed E-state index contributed by atoms with van der Waals surface area (Å²) in [5, 5.41) is 0. The molecule has 0 amide bonds. The Balaban J connectivity index is 3.91. The van der Waals surface area contributed by atoms with Crippen molar-refractivity contribution in [3.8, 4) is 0 Å². The van der Waals surface area contributed by atoms with E-state index in [4.69, 9.17) is 0 Å². The summed E-state index contributed by atoms with van der Waals surface area (Å²) in [4.78, 5) is 10.8. The van der Waals surface area contributed by atoms with Crippen molar-refractivity contribution in [2.45, 2.75) is 40.0 Å². The van der Waals surface area contributed by atoms with Gasteiger partial charge in [0.25, 0.3) is 0 Å². The highest BCUT2D eigenvalue weighted by Gasteiger charge is 1.97. The van der Waals surface area contributed by atoms with Crippen LogP contribution in [-0.2, 0) is 4.79 Å². The second-order valence-corrected chi connectivity index (χ2v) is 2.43. The van der Waals surface area contributed by atoms with E-state index in [0.717, 1.165) is 24.8 Å². The molecule has 0 aromatic heterocycles. The first-order valence-electron chi connectivity index (χ1n) is 3.92. The van der Waals surface area contributed by atoms with Gasteiger partial charge in [0, 0.05) is 0 Å². The highest BCUT2D eigenvalue weighted by atomic mass is 16.1. The van der Waals surface area contributed by atoms with Gasteiger partial charge in [-0.3, -0.25) is 4.79 Å². The van der Waals surface area contributed by atoms with E-state index < -0.39 is 0 Å². The van der Waals surface area contributed by atoms with Crippen LogP contribution in [-0.4, -0.2) is 5.78 Å². The molecule has 0 aromatic rings.